The van der Waals surface area contributed by atoms with Crippen LogP contribution in [0.25, 0.3) is 0 Å². The van der Waals surface area contributed by atoms with Gasteiger partial charge in [-0.2, -0.15) is 0 Å². The standard InChI is InChI=1S/C35H44FN5O4/c1-23-8-13-30(42)39(17-23)19-28-20-40(33(44)45-34(3,4)5)24(2)18-38(28)21-31(43)41-22-35(6,7)32-29(41)15-26(16-37-32)14-25-9-11-27(36)12-10-25/h8-13,15-17,24,28H,14,18-22H2,1-7H3/t24-,28-/m1/s1. The van der Waals surface area contributed by atoms with Crippen LogP contribution in [0.5, 0.6) is 0 Å². The number of benzene rings is 1. The normalized spacial score (nSPS) is 19.8. The molecule has 1 fully saturated rings. The second-order valence-corrected chi connectivity index (χ2v) is 14.1. The monoisotopic (exact) mass is 617 g/mol. The Labute approximate surface area is 264 Å². The molecule has 1 aromatic carbocycles. The molecule has 0 unspecified atom stereocenters. The van der Waals surface area contributed by atoms with Crippen LogP contribution in [0.4, 0.5) is 14.9 Å². The molecule has 5 rings (SSSR count). The number of anilines is 1. The minimum atomic E-state index is -0.646. The number of pyridine rings is 2. The number of halogens is 1. The molecule has 0 spiro atoms. The van der Waals surface area contributed by atoms with Crippen LogP contribution >= 0.6 is 0 Å². The zero-order valence-corrected chi connectivity index (χ0v) is 27.3. The van der Waals surface area contributed by atoms with Crippen LogP contribution in [0, 0.1) is 12.7 Å². The summed E-state index contributed by atoms with van der Waals surface area (Å²) in [6.07, 6.45) is 3.81. The molecule has 45 heavy (non-hydrogen) atoms. The van der Waals surface area contributed by atoms with Crippen molar-refractivity contribution in [3.05, 3.63) is 93.4 Å². The zero-order valence-electron chi connectivity index (χ0n) is 27.3. The summed E-state index contributed by atoms with van der Waals surface area (Å²) >= 11 is 0. The van der Waals surface area contributed by atoms with Crippen molar-refractivity contribution in [2.45, 2.75) is 84.5 Å². The quantitative estimate of drug-likeness (QED) is 0.391. The van der Waals surface area contributed by atoms with Gasteiger partial charge < -0.3 is 19.1 Å². The summed E-state index contributed by atoms with van der Waals surface area (Å²) in [6.45, 7) is 15.3. The van der Waals surface area contributed by atoms with E-state index >= 15 is 0 Å². The van der Waals surface area contributed by atoms with Gasteiger partial charge in [-0.3, -0.25) is 19.5 Å². The topological polar surface area (TPSA) is 88.0 Å². The van der Waals surface area contributed by atoms with E-state index in [4.69, 9.17) is 9.72 Å². The van der Waals surface area contributed by atoms with Crippen molar-refractivity contribution >= 4 is 17.7 Å². The zero-order chi connectivity index (χ0) is 32.7. The SMILES string of the molecule is Cc1ccc(=O)n(C[C@@H]2CN(C(=O)OC(C)(C)C)[C@H](C)CN2CC(=O)N2CC(C)(C)c3ncc(Cc4ccc(F)cc4)cc32)c1. The third-order valence-electron chi connectivity index (χ3n) is 8.49. The average molecular weight is 618 g/mol. The van der Waals surface area contributed by atoms with E-state index in [1.165, 1.54) is 12.1 Å². The Kier molecular flexibility index (Phi) is 8.90. The summed E-state index contributed by atoms with van der Waals surface area (Å²) in [5, 5.41) is 0. The van der Waals surface area contributed by atoms with E-state index in [2.05, 4.69) is 18.7 Å². The van der Waals surface area contributed by atoms with Crippen molar-refractivity contribution in [3.8, 4) is 0 Å². The number of amides is 2. The Balaban J connectivity index is 1.40. The van der Waals surface area contributed by atoms with Gasteiger partial charge in [-0.15, -0.1) is 0 Å². The van der Waals surface area contributed by atoms with Crippen LogP contribution in [0.1, 0.15) is 63.9 Å². The number of hydrogen-bond acceptors (Lipinski definition) is 6. The fraction of sp³-hybridized carbons (Fsp3) is 0.486. The molecule has 2 aliphatic rings. The summed E-state index contributed by atoms with van der Waals surface area (Å²) in [4.78, 5) is 50.5. The van der Waals surface area contributed by atoms with E-state index in [9.17, 15) is 18.8 Å². The van der Waals surface area contributed by atoms with Gasteiger partial charge in [0.15, 0.2) is 0 Å². The molecule has 3 aromatic rings. The fourth-order valence-electron chi connectivity index (χ4n) is 6.27. The van der Waals surface area contributed by atoms with Gasteiger partial charge in [0.05, 0.1) is 17.9 Å². The molecule has 2 aromatic heterocycles. The van der Waals surface area contributed by atoms with Crippen molar-refractivity contribution < 1.29 is 18.7 Å². The summed E-state index contributed by atoms with van der Waals surface area (Å²) in [5.41, 5.74) is 3.38. The molecule has 0 bridgehead atoms. The highest BCUT2D eigenvalue weighted by atomic mass is 19.1. The Morgan fingerprint density at radius 3 is 2.47 bits per heavy atom. The van der Waals surface area contributed by atoms with Crippen LogP contribution < -0.4 is 10.5 Å². The Morgan fingerprint density at radius 2 is 1.78 bits per heavy atom. The van der Waals surface area contributed by atoms with E-state index in [0.29, 0.717) is 32.6 Å². The molecule has 240 valence electrons. The lowest BCUT2D eigenvalue weighted by Crippen LogP contribution is -2.62. The molecular weight excluding hydrogens is 573 g/mol. The number of aromatic nitrogens is 2. The first kappa shape index (κ1) is 32.3. The molecule has 10 heteroatoms. The highest BCUT2D eigenvalue weighted by Gasteiger charge is 2.42. The number of carbonyl (C=O) groups excluding carboxylic acids is 2. The molecule has 9 nitrogen and oxygen atoms in total. The second-order valence-electron chi connectivity index (χ2n) is 14.1. The second kappa shape index (κ2) is 12.4. The summed E-state index contributed by atoms with van der Waals surface area (Å²) < 4.78 is 20.8. The number of hydrogen-bond donors (Lipinski definition) is 0. The molecule has 0 saturated carbocycles. The maximum absolute atomic E-state index is 14.1. The Hall–Kier alpha value is -4.05. The van der Waals surface area contributed by atoms with Gasteiger partial charge in [-0.05, 0) is 75.9 Å². The first-order valence-electron chi connectivity index (χ1n) is 15.5. The number of piperazine rings is 1. The molecule has 0 N–H and O–H groups in total. The first-order chi connectivity index (χ1) is 21.1. The minimum Gasteiger partial charge on any atom is -0.444 e. The smallest absolute Gasteiger partial charge is 0.410 e. The van der Waals surface area contributed by atoms with E-state index in [1.807, 2.05) is 58.0 Å². The molecule has 0 radical (unpaired) electrons. The van der Waals surface area contributed by atoms with Gasteiger partial charge in [0.1, 0.15) is 11.4 Å². The minimum absolute atomic E-state index is 0.0675. The van der Waals surface area contributed by atoms with Crippen LogP contribution in [-0.4, -0.2) is 75.2 Å². The van der Waals surface area contributed by atoms with Gasteiger partial charge in [-0.1, -0.05) is 32.0 Å². The van der Waals surface area contributed by atoms with Gasteiger partial charge in [0.25, 0.3) is 5.56 Å². The van der Waals surface area contributed by atoms with Crippen LogP contribution in [0.3, 0.4) is 0 Å². The first-order valence-corrected chi connectivity index (χ1v) is 15.5. The predicted octanol–water partition coefficient (Wildman–Crippen LogP) is 4.92. The lowest BCUT2D eigenvalue weighted by atomic mass is 9.91. The molecule has 4 heterocycles. The Bertz CT molecular complexity index is 1630. The summed E-state index contributed by atoms with van der Waals surface area (Å²) in [6, 6.07) is 11.2. The fourth-order valence-corrected chi connectivity index (χ4v) is 6.27. The number of fused-ring (bicyclic) bond motifs is 1. The van der Waals surface area contributed by atoms with E-state index in [0.717, 1.165) is 28.1 Å². The lowest BCUT2D eigenvalue weighted by molar-refractivity contribution is -0.121. The molecule has 1 saturated heterocycles. The number of ether oxygens (including phenoxy) is 1. The third kappa shape index (κ3) is 7.44. The van der Waals surface area contributed by atoms with Crippen molar-refractivity contribution in [2.24, 2.45) is 0 Å². The largest absolute Gasteiger partial charge is 0.444 e. The van der Waals surface area contributed by atoms with E-state index in [-0.39, 0.29) is 41.3 Å². The number of carbonyl (C=O) groups is 2. The number of nitrogens with zero attached hydrogens (tertiary/aromatic N) is 5. The van der Waals surface area contributed by atoms with Gasteiger partial charge in [-0.25, -0.2) is 9.18 Å². The number of aryl methyl sites for hydroxylation is 1. The van der Waals surface area contributed by atoms with E-state index in [1.54, 1.807) is 33.7 Å². The third-order valence-corrected chi connectivity index (χ3v) is 8.49. The summed E-state index contributed by atoms with van der Waals surface area (Å²) in [5.74, 6) is -0.349. The number of rotatable bonds is 6. The highest BCUT2D eigenvalue weighted by molar-refractivity contribution is 5.97. The van der Waals surface area contributed by atoms with Crippen molar-refractivity contribution in [2.75, 3.05) is 31.1 Å². The average Bonchev–Trinajstić information content (AvgIpc) is 3.22. The van der Waals surface area contributed by atoms with E-state index < -0.39 is 11.7 Å². The summed E-state index contributed by atoms with van der Waals surface area (Å²) in [7, 11) is 0. The van der Waals surface area contributed by atoms with Crippen LogP contribution in [0.2, 0.25) is 0 Å². The van der Waals surface area contributed by atoms with Crippen LogP contribution in [-0.2, 0) is 27.9 Å². The van der Waals surface area contributed by atoms with Gasteiger partial charge in [0.2, 0.25) is 5.91 Å². The predicted molar refractivity (Wildman–Crippen MR) is 172 cm³/mol. The van der Waals surface area contributed by atoms with Gasteiger partial charge >= 0.3 is 6.09 Å². The maximum atomic E-state index is 14.1. The molecular formula is C35H44FN5O4. The van der Waals surface area contributed by atoms with Crippen molar-refractivity contribution in [1.82, 2.24) is 19.4 Å². The molecule has 2 amide bonds. The highest BCUT2D eigenvalue weighted by Crippen LogP contribution is 2.40. The van der Waals surface area contributed by atoms with Crippen LogP contribution in [0.15, 0.2) is 59.7 Å². The molecule has 2 aliphatic heterocycles. The molecule has 0 aliphatic carbocycles. The maximum Gasteiger partial charge on any atom is 0.410 e. The van der Waals surface area contributed by atoms with Crippen molar-refractivity contribution in [1.29, 1.82) is 0 Å². The van der Waals surface area contributed by atoms with Gasteiger partial charge in [0, 0.05) is 62.1 Å². The molecule has 2 atom stereocenters. The Morgan fingerprint density at radius 1 is 1.07 bits per heavy atom. The lowest BCUT2D eigenvalue weighted by Gasteiger charge is -2.45. The van der Waals surface area contributed by atoms with Crippen molar-refractivity contribution in [3.63, 3.8) is 0 Å².